The summed E-state index contributed by atoms with van der Waals surface area (Å²) in [5.74, 6) is 0. The largest absolute Gasteiger partial charge is 0.311 e. The van der Waals surface area contributed by atoms with Crippen LogP contribution in [0, 0.1) is 0 Å². The summed E-state index contributed by atoms with van der Waals surface area (Å²) < 4.78 is 0. The first kappa shape index (κ1) is 5.97. The van der Waals surface area contributed by atoms with Gasteiger partial charge in [0.2, 0.25) is 0 Å². The van der Waals surface area contributed by atoms with Crippen molar-refractivity contribution in [3.63, 3.8) is 0 Å². The van der Waals surface area contributed by atoms with Crippen molar-refractivity contribution in [2.24, 2.45) is 11.5 Å². The fourth-order valence-electron chi connectivity index (χ4n) is 0.514. The molecule has 1 heterocycles. The van der Waals surface area contributed by atoms with Crippen LogP contribution in [0.5, 0.6) is 0 Å². The Morgan fingerprint density at radius 2 is 2.00 bits per heavy atom. The van der Waals surface area contributed by atoms with Gasteiger partial charge < -0.3 is 11.5 Å². The molecule has 0 aromatic carbocycles. The van der Waals surface area contributed by atoms with Gasteiger partial charge >= 0.3 is 0 Å². The maximum Gasteiger partial charge on any atom is 0.113 e. The van der Waals surface area contributed by atoms with Gasteiger partial charge in [-0.15, -0.1) is 0 Å². The summed E-state index contributed by atoms with van der Waals surface area (Å²) in [5.41, 5.74) is 10.2. The van der Waals surface area contributed by atoms with Crippen LogP contribution in [0.15, 0.2) is 0 Å². The Morgan fingerprint density at radius 3 is 2.25 bits per heavy atom. The summed E-state index contributed by atoms with van der Waals surface area (Å²) in [6.45, 7) is 0.778. The van der Waals surface area contributed by atoms with Crippen molar-refractivity contribution in [3.05, 3.63) is 0 Å². The van der Waals surface area contributed by atoms with Gasteiger partial charge in [0, 0.05) is 6.42 Å². The maximum absolute atomic E-state index is 5.45. The van der Waals surface area contributed by atoms with E-state index in [1.807, 2.05) is 0 Å². The molecule has 0 unspecified atom stereocenters. The quantitative estimate of drug-likeness (QED) is 0.314. The third-order valence-corrected chi connectivity index (χ3v) is 1.06. The lowest BCUT2D eigenvalue weighted by molar-refractivity contribution is -0.326. The monoisotopic (exact) mass is 118 g/mol. The van der Waals surface area contributed by atoms with Crippen LogP contribution in [-0.2, 0) is 9.78 Å². The average molecular weight is 118 g/mol. The molecule has 0 aromatic rings. The Labute approximate surface area is 47.7 Å². The molecule has 1 fully saturated rings. The molecule has 1 saturated heterocycles. The SMILES string of the molecule is NC1(N)CCOOC1. The number of hydrogen-bond acceptors (Lipinski definition) is 4. The van der Waals surface area contributed by atoms with E-state index in [9.17, 15) is 0 Å². The van der Waals surface area contributed by atoms with Gasteiger partial charge in [-0.2, -0.15) is 0 Å². The second kappa shape index (κ2) is 1.99. The van der Waals surface area contributed by atoms with Gasteiger partial charge in [0.1, 0.15) is 6.61 Å². The van der Waals surface area contributed by atoms with E-state index in [1.165, 1.54) is 0 Å². The minimum Gasteiger partial charge on any atom is -0.311 e. The van der Waals surface area contributed by atoms with Crippen molar-refractivity contribution in [1.82, 2.24) is 0 Å². The van der Waals surface area contributed by atoms with E-state index in [0.29, 0.717) is 13.0 Å². The maximum atomic E-state index is 5.45. The topological polar surface area (TPSA) is 70.5 Å². The van der Waals surface area contributed by atoms with Crippen LogP contribution in [0.1, 0.15) is 6.42 Å². The third-order valence-electron chi connectivity index (χ3n) is 1.06. The fraction of sp³-hybridized carbons (Fsp3) is 1.00. The van der Waals surface area contributed by atoms with Crippen molar-refractivity contribution in [3.8, 4) is 0 Å². The molecule has 8 heavy (non-hydrogen) atoms. The van der Waals surface area contributed by atoms with Gasteiger partial charge in [-0.25, -0.2) is 9.78 Å². The summed E-state index contributed by atoms with van der Waals surface area (Å²) >= 11 is 0. The molecule has 0 aromatic heterocycles. The molecule has 0 bridgehead atoms. The lowest BCUT2D eigenvalue weighted by Crippen LogP contribution is -2.56. The van der Waals surface area contributed by atoms with E-state index in [4.69, 9.17) is 11.5 Å². The summed E-state index contributed by atoms with van der Waals surface area (Å²) in [6.07, 6.45) is 0.660. The highest BCUT2D eigenvalue weighted by Crippen LogP contribution is 2.05. The molecule has 4 nitrogen and oxygen atoms in total. The molecule has 4 N–H and O–H groups in total. The molecule has 4 heteroatoms. The Bertz CT molecular complexity index is 76.1. The molecule has 0 saturated carbocycles. The Balaban J connectivity index is 2.33. The summed E-state index contributed by atoms with van der Waals surface area (Å²) in [7, 11) is 0. The number of hydrogen-bond donors (Lipinski definition) is 2. The molecule has 48 valence electrons. The van der Waals surface area contributed by atoms with E-state index in [1.54, 1.807) is 0 Å². The average Bonchev–Trinajstić information content (AvgIpc) is 1.65. The minimum atomic E-state index is -0.668. The van der Waals surface area contributed by atoms with Crippen LogP contribution in [0.2, 0.25) is 0 Å². The van der Waals surface area contributed by atoms with Crippen molar-refractivity contribution >= 4 is 0 Å². The highest BCUT2D eigenvalue weighted by Gasteiger charge is 2.23. The zero-order valence-corrected chi connectivity index (χ0v) is 4.59. The lowest BCUT2D eigenvalue weighted by Gasteiger charge is -2.27. The van der Waals surface area contributed by atoms with Crippen molar-refractivity contribution in [1.29, 1.82) is 0 Å². The summed E-state index contributed by atoms with van der Waals surface area (Å²) in [4.78, 5) is 9.08. The molecule has 1 aliphatic rings. The molecule has 1 rings (SSSR count). The Hall–Kier alpha value is -0.160. The standard InChI is InChI=1S/C4H10N2O2/c5-4(6)1-2-7-8-3-4/h1-3,5-6H2. The van der Waals surface area contributed by atoms with Crippen LogP contribution >= 0.6 is 0 Å². The smallest absolute Gasteiger partial charge is 0.113 e. The highest BCUT2D eigenvalue weighted by molar-refractivity contribution is 4.76. The van der Waals surface area contributed by atoms with Gasteiger partial charge in [0.05, 0.1) is 12.3 Å². The molecular formula is C4H10N2O2. The van der Waals surface area contributed by atoms with Crippen molar-refractivity contribution < 1.29 is 9.78 Å². The normalized spacial score (nSPS) is 27.8. The van der Waals surface area contributed by atoms with Crippen LogP contribution in [0.4, 0.5) is 0 Å². The first-order valence-corrected chi connectivity index (χ1v) is 2.53. The van der Waals surface area contributed by atoms with Gasteiger partial charge in [0.15, 0.2) is 0 Å². The van der Waals surface area contributed by atoms with E-state index in [2.05, 4.69) is 9.78 Å². The van der Waals surface area contributed by atoms with E-state index in [-0.39, 0.29) is 6.61 Å². The number of rotatable bonds is 0. The highest BCUT2D eigenvalue weighted by atomic mass is 17.2. The molecule has 0 atom stereocenters. The third kappa shape index (κ3) is 1.41. The molecule has 1 aliphatic heterocycles. The van der Waals surface area contributed by atoms with Crippen LogP contribution in [0.25, 0.3) is 0 Å². The zero-order valence-electron chi connectivity index (χ0n) is 4.59. The van der Waals surface area contributed by atoms with Crippen molar-refractivity contribution in [2.45, 2.75) is 12.1 Å². The first-order valence-electron chi connectivity index (χ1n) is 2.53. The minimum absolute atomic E-state index is 0.285. The molecule has 0 spiro atoms. The Kier molecular flexibility index (Phi) is 1.48. The molecular weight excluding hydrogens is 108 g/mol. The van der Waals surface area contributed by atoms with Crippen LogP contribution in [0.3, 0.4) is 0 Å². The van der Waals surface area contributed by atoms with Gasteiger partial charge in [0.25, 0.3) is 0 Å². The second-order valence-electron chi connectivity index (χ2n) is 2.07. The summed E-state index contributed by atoms with van der Waals surface area (Å²) in [6, 6.07) is 0. The van der Waals surface area contributed by atoms with Crippen LogP contribution < -0.4 is 11.5 Å². The summed E-state index contributed by atoms with van der Waals surface area (Å²) in [5, 5.41) is 0. The van der Waals surface area contributed by atoms with E-state index < -0.39 is 5.66 Å². The first-order chi connectivity index (χ1) is 3.71. The fourth-order valence-corrected chi connectivity index (χ4v) is 0.514. The predicted molar refractivity (Wildman–Crippen MR) is 27.6 cm³/mol. The molecule has 0 aliphatic carbocycles. The van der Waals surface area contributed by atoms with Crippen molar-refractivity contribution in [2.75, 3.05) is 13.2 Å². The second-order valence-corrected chi connectivity index (χ2v) is 2.07. The lowest BCUT2D eigenvalue weighted by atomic mass is 10.1. The zero-order chi connectivity index (χ0) is 6.04. The van der Waals surface area contributed by atoms with Gasteiger partial charge in [-0.3, -0.25) is 0 Å². The Morgan fingerprint density at radius 1 is 1.25 bits per heavy atom. The van der Waals surface area contributed by atoms with Gasteiger partial charge in [-0.1, -0.05) is 0 Å². The predicted octanol–water partition coefficient (Wildman–Crippen LogP) is -1.05. The van der Waals surface area contributed by atoms with Gasteiger partial charge in [-0.05, 0) is 0 Å². The molecule has 0 radical (unpaired) electrons. The number of nitrogens with two attached hydrogens (primary N) is 2. The van der Waals surface area contributed by atoms with E-state index >= 15 is 0 Å². The van der Waals surface area contributed by atoms with Crippen LogP contribution in [-0.4, -0.2) is 18.9 Å². The molecule has 0 amide bonds. The van der Waals surface area contributed by atoms with E-state index in [0.717, 1.165) is 0 Å².